The molecule has 11 heteroatoms. The third-order valence-electron chi connectivity index (χ3n) is 4.04. The molecule has 9 nitrogen and oxygen atoms in total. The highest BCUT2D eigenvalue weighted by Gasteiger charge is 2.13. The Labute approximate surface area is 198 Å². The van der Waals surface area contributed by atoms with E-state index in [9.17, 15) is 14.9 Å². The van der Waals surface area contributed by atoms with Gasteiger partial charge in [0.05, 0.1) is 17.4 Å². The molecule has 0 saturated heterocycles. The summed E-state index contributed by atoms with van der Waals surface area (Å²) in [5.41, 5.74) is 3.95. The molecule has 0 atom stereocenters. The summed E-state index contributed by atoms with van der Waals surface area (Å²) in [5.74, 6) is -0.727. The lowest BCUT2D eigenvalue weighted by atomic mass is 10.2. The Bertz CT molecular complexity index is 1230. The zero-order valence-corrected chi connectivity index (χ0v) is 18.4. The minimum Gasteiger partial charge on any atom is -0.290 e. The van der Waals surface area contributed by atoms with Crippen LogP contribution in [0.1, 0.15) is 21.5 Å². The average Bonchev–Trinajstić information content (AvgIpc) is 2.81. The van der Waals surface area contributed by atoms with Crippen LogP contribution in [0.2, 0.25) is 10.0 Å². The number of nitro benzene ring substituents is 1. The summed E-state index contributed by atoms with van der Waals surface area (Å²) in [6, 6.07) is 19.1. The monoisotopic (exact) mass is 482 g/mol. The summed E-state index contributed by atoms with van der Waals surface area (Å²) in [6.45, 7) is 0. The maximum Gasteiger partial charge on any atom is 0.270 e. The van der Waals surface area contributed by atoms with Crippen LogP contribution in [0.15, 0.2) is 88.1 Å². The van der Waals surface area contributed by atoms with Crippen LogP contribution in [0.3, 0.4) is 0 Å². The van der Waals surface area contributed by atoms with Gasteiger partial charge in [0.2, 0.25) is 5.96 Å². The molecule has 0 radical (unpaired) electrons. The number of rotatable bonds is 6. The fourth-order valence-electron chi connectivity index (χ4n) is 2.43. The van der Waals surface area contributed by atoms with Crippen molar-refractivity contribution in [2.45, 2.75) is 0 Å². The summed E-state index contributed by atoms with van der Waals surface area (Å²) in [7, 11) is 0. The van der Waals surface area contributed by atoms with E-state index in [1.54, 1.807) is 48.5 Å². The number of nitrogens with one attached hydrogen (secondary N) is 2. The van der Waals surface area contributed by atoms with Gasteiger partial charge in [0.25, 0.3) is 11.6 Å². The zero-order valence-electron chi connectivity index (χ0n) is 16.9. The van der Waals surface area contributed by atoms with Crippen molar-refractivity contribution in [1.29, 1.82) is 0 Å². The molecule has 0 saturated carbocycles. The van der Waals surface area contributed by atoms with Crippen molar-refractivity contribution >= 4 is 53.2 Å². The molecule has 0 spiro atoms. The Morgan fingerprint density at radius 2 is 1.52 bits per heavy atom. The lowest BCUT2D eigenvalue weighted by Gasteiger charge is -2.06. The lowest BCUT2D eigenvalue weighted by Crippen LogP contribution is -2.38. The second kappa shape index (κ2) is 11.5. The minimum absolute atomic E-state index is 0.0714. The van der Waals surface area contributed by atoms with Crippen molar-refractivity contribution in [2.75, 3.05) is 0 Å². The van der Waals surface area contributed by atoms with E-state index < -0.39 is 10.8 Å². The highest BCUT2D eigenvalue weighted by atomic mass is 35.5. The topological polar surface area (TPSA) is 121 Å². The number of benzene rings is 3. The summed E-state index contributed by atoms with van der Waals surface area (Å²) in [6.07, 6.45) is 2.95. The van der Waals surface area contributed by atoms with E-state index >= 15 is 0 Å². The molecule has 33 heavy (non-hydrogen) atoms. The first-order valence-electron chi connectivity index (χ1n) is 9.38. The lowest BCUT2D eigenvalue weighted by molar-refractivity contribution is -0.384. The summed E-state index contributed by atoms with van der Waals surface area (Å²) in [4.78, 5) is 23.0. The largest absolute Gasteiger partial charge is 0.290 e. The molecular weight excluding hydrogens is 467 g/mol. The number of amides is 1. The van der Waals surface area contributed by atoms with Gasteiger partial charge in [-0.05, 0) is 41.5 Å². The first kappa shape index (κ1) is 23.6. The van der Waals surface area contributed by atoms with E-state index in [1.165, 1.54) is 30.6 Å². The van der Waals surface area contributed by atoms with Crippen LogP contribution in [0.25, 0.3) is 0 Å². The quantitative estimate of drug-likeness (QED) is 0.230. The van der Waals surface area contributed by atoms with Gasteiger partial charge in [-0.15, -0.1) is 5.10 Å². The van der Waals surface area contributed by atoms with Crippen molar-refractivity contribution in [3.8, 4) is 0 Å². The van der Waals surface area contributed by atoms with Crippen LogP contribution in [-0.2, 0) is 0 Å². The van der Waals surface area contributed by atoms with E-state index in [0.717, 1.165) is 17.2 Å². The van der Waals surface area contributed by atoms with Gasteiger partial charge in [-0.1, -0.05) is 53.5 Å². The molecule has 3 aromatic carbocycles. The van der Waals surface area contributed by atoms with Gasteiger partial charge < -0.3 is 0 Å². The molecule has 0 heterocycles. The van der Waals surface area contributed by atoms with E-state index in [4.69, 9.17) is 23.2 Å². The molecular formula is C22H16Cl2N6O3. The van der Waals surface area contributed by atoms with E-state index in [0.29, 0.717) is 10.0 Å². The average molecular weight is 483 g/mol. The first-order chi connectivity index (χ1) is 15.9. The van der Waals surface area contributed by atoms with Crippen molar-refractivity contribution in [2.24, 2.45) is 15.3 Å². The predicted molar refractivity (Wildman–Crippen MR) is 129 cm³/mol. The Hall–Kier alpha value is -4.08. The third-order valence-corrected chi connectivity index (χ3v) is 4.54. The molecule has 0 aliphatic carbocycles. The SMILES string of the molecule is O=C(NC(=NN=Cc1ccc(Cl)cc1)NN=Cc1ccc(Cl)cc1)c1cccc([N+](=O)[O-])c1. The van der Waals surface area contributed by atoms with Crippen LogP contribution in [0.5, 0.6) is 0 Å². The third kappa shape index (κ3) is 7.53. The van der Waals surface area contributed by atoms with Crippen molar-refractivity contribution in [3.05, 3.63) is 110 Å². The van der Waals surface area contributed by atoms with E-state index in [2.05, 4.69) is 26.0 Å². The molecule has 3 rings (SSSR count). The molecule has 2 N–H and O–H groups in total. The van der Waals surface area contributed by atoms with Crippen molar-refractivity contribution in [1.82, 2.24) is 10.7 Å². The smallest absolute Gasteiger partial charge is 0.270 e. The number of hydrazone groups is 1. The number of halogens is 2. The van der Waals surface area contributed by atoms with Crippen LogP contribution in [-0.4, -0.2) is 29.2 Å². The Kier molecular flexibility index (Phi) is 8.23. The Balaban J connectivity index is 1.78. The van der Waals surface area contributed by atoms with Gasteiger partial charge in [0.1, 0.15) is 0 Å². The molecule has 0 fully saturated rings. The fraction of sp³-hybridized carbons (Fsp3) is 0. The van der Waals surface area contributed by atoms with Crippen molar-refractivity contribution in [3.63, 3.8) is 0 Å². The molecule has 0 aliphatic rings. The molecule has 0 aliphatic heterocycles. The first-order valence-corrected chi connectivity index (χ1v) is 10.1. The fourth-order valence-corrected chi connectivity index (χ4v) is 2.69. The number of carbonyl (C=O) groups excluding carboxylic acids is 1. The number of hydrogen-bond acceptors (Lipinski definition) is 6. The minimum atomic E-state index is -0.631. The maximum atomic E-state index is 12.6. The normalized spacial score (nSPS) is 11.6. The predicted octanol–water partition coefficient (Wildman–Crippen LogP) is 4.65. The van der Waals surface area contributed by atoms with Gasteiger partial charge in [-0.2, -0.15) is 10.2 Å². The number of guanidine groups is 1. The van der Waals surface area contributed by atoms with Crippen LogP contribution in [0.4, 0.5) is 5.69 Å². The summed E-state index contributed by atoms with van der Waals surface area (Å²) < 4.78 is 0. The molecule has 0 bridgehead atoms. The van der Waals surface area contributed by atoms with Crippen molar-refractivity contribution < 1.29 is 9.72 Å². The van der Waals surface area contributed by atoms with Gasteiger partial charge in [0, 0.05) is 27.7 Å². The molecule has 0 aromatic heterocycles. The van der Waals surface area contributed by atoms with Gasteiger partial charge in [-0.3, -0.25) is 20.2 Å². The van der Waals surface area contributed by atoms with Crippen LogP contribution in [0, 0.1) is 10.1 Å². The highest BCUT2D eigenvalue weighted by Crippen LogP contribution is 2.13. The zero-order chi connectivity index (χ0) is 23.6. The van der Waals surface area contributed by atoms with Crippen LogP contribution < -0.4 is 10.7 Å². The molecule has 0 unspecified atom stereocenters. The number of nitrogens with zero attached hydrogens (tertiary/aromatic N) is 4. The Morgan fingerprint density at radius 1 is 0.909 bits per heavy atom. The van der Waals surface area contributed by atoms with E-state index in [-0.39, 0.29) is 17.2 Å². The molecule has 1 amide bonds. The summed E-state index contributed by atoms with van der Waals surface area (Å²) >= 11 is 11.7. The summed E-state index contributed by atoms with van der Waals surface area (Å²) in [5, 5.41) is 26.6. The highest BCUT2D eigenvalue weighted by molar-refractivity contribution is 6.30. The van der Waals surface area contributed by atoms with Gasteiger partial charge in [-0.25, -0.2) is 5.43 Å². The molecule has 166 valence electrons. The number of nitro groups is 1. The number of carbonyl (C=O) groups is 1. The number of hydrogen-bond donors (Lipinski definition) is 2. The second-order valence-electron chi connectivity index (χ2n) is 6.43. The van der Waals surface area contributed by atoms with Gasteiger partial charge >= 0.3 is 0 Å². The maximum absolute atomic E-state index is 12.6. The standard InChI is InChI=1S/C22H16Cl2N6O3/c23-18-8-4-15(5-9-18)13-25-28-22(29-26-14-16-6-10-19(24)11-7-16)27-21(31)17-2-1-3-20(12-17)30(32)33/h1-14H,(H2,27,28,29,31). The van der Waals surface area contributed by atoms with Crippen LogP contribution >= 0.6 is 23.2 Å². The van der Waals surface area contributed by atoms with E-state index in [1.807, 2.05) is 0 Å². The second-order valence-corrected chi connectivity index (χ2v) is 7.30. The molecule has 3 aromatic rings. The number of non-ortho nitro benzene ring substituents is 1. The van der Waals surface area contributed by atoms with Gasteiger partial charge in [0.15, 0.2) is 0 Å². The Morgan fingerprint density at radius 3 is 2.12 bits per heavy atom.